The van der Waals surface area contributed by atoms with Gasteiger partial charge in [-0.25, -0.2) is 0 Å². The molecule has 0 bridgehead atoms. The molecule has 5 nitrogen and oxygen atoms in total. The third-order valence-corrected chi connectivity index (χ3v) is 5.81. The second kappa shape index (κ2) is 11.1. The fourth-order valence-corrected chi connectivity index (χ4v) is 3.85. The lowest BCUT2D eigenvalue weighted by molar-refractivity contribution is 0.186. The SMILES string of the molecule is CCNC(=NCC(O)c1ccc(C)cc1)NC1CCN(Cc2ccccc2C)CC1. The van der Waals surface area contributed by atoms with Gasteiger partial charge in [-0.3, -0.25) is 9.89 Å². The van der Waals surface area contributed by atoms with Crippen molar-refractivity contribution in [3.05, 3.63) is 70.8 Å². The van der Waals surface area contributed by atoms with Gasteiger partial charge < -0.3 is 15.7 Å². The Labute approximate surface area is 181 Å². The van der Waals surface area contributed by atoms with Crippen molar-refractivity contribution in [3.8, 4) is 0 Å². The first kappa shape index (κ1) is 22.3. The van der Waals surface area contributed by atoms with Crippen LogP contribution < -0.4 is 10.6 Å². The van der Waals surface area contributed by atoms with E-state index >= 15 is 0 Å². The molecule has 1 saturated heterocycles. The zero-order valence-electron chi connectivity index (χ0n) is 18.6. The van der Waals surface area contributed by atoms with Gasteiger partial charge in [-0.15, -0.1) is 0 Å². The molecule has 162 valence electrons. The molecule has 1 aliphatic heterocycles. The summed E-state index contributed by atoms with van der Waals surface area (Å²) in [5, 5.41) is 17.4. The fraction of sp³-hybridized carbons (Fsp3) is 0.480. The van der Waals surface area contributed by atoms with Crippen LogP contribution in [0.4, 0.5) is 0 Å². The van der Waals surface area contributed by atoms with Crippen LogP contribution in [0, 0.1) is 13.8 Å². The van der Waals surface area contributed by atoms with Gasteiger partial charge in [0.05, 0.1) is 12.6 Å². The predicted octanol–water partition coefficient (Wildman–Crippen LogP) is 3.56. The van der Waals surface area contributed by atoms with Gasteiger partial charge in [0.25, 0.3) is 0 Å². The molecular weight excluding hydrogens is 372 g/mol. The number of likely N-dealkylation sites (tertiary alicyclic amines) is 1. The number of benzene rings is 2. The number of hydrogen-bond donors (Lipinski definition) is 3. The lowest BCUT2D eigenvalue weighted by Gasteiger charge is -2.33. The molecule has 1 aliphatic rings. The molecule has 1 fully saturated rings. The zero-order valence-corrected chi connectivity index (χ0v) is 18.6. The summed E-state index contributed by atoms with van der Waals surface area (Å²) in [4.78, 5) is 7.17. The highest BCUT2D eigenvalue weighted by atomic mass is 16.3. The summed E-state index contributed by atoms with van der Waals surface area (Å²) >= 11 is 0. The number of nitrogens with zero attached hydrogens (tertiary/aromatic N) is 2. The average Bonchev–Trinajstić information content (AvgIpc) is 2.75. The van der Waals surface area contributed by atoms with Crippen molar-refractivity contribution in [2.24, 2.45) is 4.99 Å². The predicted molar refractivity (Wildman–Crippen MR) is 125 cm³/mol. The molecule has 0 aromatic heterocycles. The quantitative estimate of drug-likeness (QED) is 0.484. The van der Waals surface area contributed by atoms with Crippen molar-refractivity contribution < 1.29 is 5.11 Å². The molecule has 0 aliphatic carbocycles. The van der Waals surface area contributed by atoms with Crippen molar-refractivity contribution in [2.75, 3.05) is 26.2 Å². The smallest absolute Gasteiger partial charge is 0.191 e. The van der Waals surface area contributed by atoms with Crippen LogP contribution in [0.15, 0.2) is 53.5 Å². The summed E-state index contributed by atoms with van der Waals surface area (Å²) in [6.07, 6.45) is 1.60. The highest BCUT2D eigenvalue weighted by molar-refractivity contribution is 5.80. The lowest BCUT2D eigenvalue weighted by atomic mass is 10.0. The monoisotopic (exact) mass is 408 g/mol. The Bertz CT molecular complexity index is 810. The van der Waals surface area contributed by atoms with Gasteiger partial charge in [-0.1, -0.05) is 54.1 Å². The van der Waals surface area contributed by atoms with Gasteiger partial charge in [0.2, 0.25) is 0 Å². The number of guanidine groups is 1. The number of nitrogens with one attached hydrogen (secondary N) is 2. The van der Waals surface area contributed by atoms with E-state index in [1.54, 1.807) is 0 Å². The van der Waals surface area contributed by atoms with Crippen molar-refractivity contribution >= 4 is 5.96 Å². The normalized spacial score (nSPS) is 17.0. The van der Waals surface area contributed by atoms with Crippen molar-refractivity contribution in [3.63, 3.8) is 0 Å². The van der Waals surface area contributed by atoms with Crippen LogP contribution in [0.2, 0.25) is 0 Å². The first-order valence-electron chi connectivity index (χ1n) is 11.1. The number of aliphatic hydroxyl groups excluding tert-OH is 1. The molecule has 0 radical (unpaired) electrons. The topological polar surface area (TPSA) is 59.9 Å². The van der Waals surface area contributed by atoms with Crippen LogP contribution in [0.1, 0.15) is 48.1 Å². The molecule has 5 heteroatoms. The van der Waals surface area contributed by atoms with E-state index in [0.29, 0.717) is 12.6 Å². The Morgan fingerprint density at radius 2 is 1.80 bits per heavy atom. The van der Waals surface area contributed by atoms with E-state index in [2.05, 4.69) is 58.6 Å². The second-order valence-corrected chi connectivity index (χ2v) is 8.27. The summed E-state index contributed by atoms with van der Waals surface area (Å²) in [6, 6.07) is 17.1. The van der Waals surface area contributed by atoms with Gasteiger partial charge in [0, 0.05) is 32.2 Å². The molecule has 1 unspecified atom stereocenters. The van der Waals surface area contributed by atoms with Gasteiger partial charge in [0.1, 0.15) is 0 Å². The summed E-state index contributed by atoms with van der Waals surface area (Å²) in [5.74, 6) is 0.793. The zero-order chi connectivity index (χ0) is 21.3. The number of rotatable bonds is 7. The minimum Gasteiger partial charge on any atom is -0.386 e. The maximum Gasteiger partial charge on any atom is 0.191 e. The summed E-state index contributed by atoms with van der Waals surface area (Å²) in [6.45, 7) is 10.6. The van der Waals surface area contributed by atoms with E-state index in [1.807, 2.05) is 31.2 Å². The van der Waals surface area contributed by atoms with E-state index in [-0.39, 0.29) is 0 Å². The molecule has 1 atom stereocenters. The Morgan fingerprint density at radius 3 is 2.47 bits per heavy atom. The van der Waals surface area contributed by atoms with Crippen molar-refractivity contribution in [1.29, 1.82) is 0 Å². The molecule has 0 saturated carbocycles. The number of aliphatic hydroxyl groups is 1. The molecule has 2 aromatic rings. The minimum atomic E-state index is -0.586. The number of hydrogen-bond acceptors (Lipinski definition) is 3. The molecule has 3 rings (SSSR count). The Kier molecular flexibility index (Phi) is 8.29. The van der Waals surface area contributed by atoms with Crippen LogP contribution in [0.3, 0.4) is 0 Å². The summed E-state index contributed by atoms with van der Waals surface area (Å²) in [5.41, 5.74) is 4.89. The van der Waals surface area contributed by atoms with Crippen LogP contribution >= 0.6 is 0 Å². The Morgan fingerprint density at radius 1 is 1.10 bits per heavy atom. The highest BCUT2D eigenvalue weighted by Crippen LogP contribution is 2.17. The first-order chi connectivity index (χ1) is 14.5. The van der Waals surface area contributed by atoms with Gasteiger partial charge >= 0.3 is 0 Å². The molecule has 0 spiro atoms. The van der Waals surface area contributed by atoms with E-state index in [4.69, 9.17) is 0 Å². The third-order valence-electron chi connectivity index (χ3n) is 5.81. The van der Waals surface area contributed by atoms with Crippen molar-refractivity contribution in [1.82, 2.24) is 15.5 Å². The van der Waals surface area contributed by atoms with Gasteiger partial charge in [-0.2, -0.15) is 0 Å². The van der Waals surface area contributed by atoms with E-state index < -0.39 is 6.10 Å². The molecule has 3 N–H and O–H groups in total. The lowest BCUT2D eigenvalue weighted by Crippen LogP contribution is -2.48. The molecule has 30 heavy (non-hydrogen) atoms. The maximum atomic E-state index is 10.5. The van der Waals surface area contributed by atoms with E-state index in [1.165, 1.54) is 16.7 Å². The van der Waals surface area contributed by atoms with Crippen molar-refractivity contribution in [2.45, 2.75) is 52.3 Å². The summed E-state index contributed by atoms with van der Waals surface area (Å²) in [7, 11) is 0. The van der Waals surface area contributed by atoms with Crippen LogP contribution in [-0.4, -0.2) is 48.2 Å². The highest BCUT2D eigenvalue weighted by Gasteiger charge is 2.20. The Hall–Kier alpha value is -2.37. The molecule has 2 aromatic carbocycles. The standard InChI is InChI=1S/C25H36N4O/c1-4-26-25(27-17-24(30)21-11-9-19(2)10-12-21)28-23-13-15-29(16-14-23)18-22-8-6-5-7-20(22)3/h5-12,23-24,30H,4,13-18H2,1-3H3,(H2,26,27,28). The largest absolute Gasteiger partial charge is 0.386 e. The first-order valence-corrected chi connectivity index (χ1v) is 11.1. The van der Waals surface area contributed by atoms with Gasteiger partial charge in [0.15, 0.2) is 5.96 Å². The van der Waals surface area contributed by atoms with Crippen LogP contribution in [-0.2, 0) is 6.54 Å². The fourth-order valence-electron chi connectivity index (χ4n) is 3.85. The number of aryl methyl sites for hydroxylation is 2. The molecule has 1 heterocycles. The van der Waals surface area contributed by atoms with E-state index in [0.717, 1.165) is 50.5 Å². The number of piperidine rings is 1. The van der Waals surface area contributed by atoms with Gasteiger partial charge in [-0.05, 0) is 50.3 Å². The maximum absolute atomic E-state index is 10.5. The average molecular weight is 409 g/mol. The summed E-state index contributed by atoms with van der Waals surface area (Å²) < 4.78 is 0. The van der Waals surface area contributed by atoms with Crippen LogP contribution in [0.5, 0.6) is 0 Å². The molecule has 0 amide bonds. The van der Waals surface area contributed by atoms with Crippen LogP contribution in [0.25, 0.3) is 0 Å². The second-order valence-electron chi connectivity index (χ2n) is 8.27. The number of aliphatic imine (C=N–C) groups is 1. The third kappa shape index (κ3) is 6.57. The van der Waals surface area contributed by atoms with E-state index in [9.17, 15) is 5.11 Å². The molecular formula is C25H36N4O. The minimum absolute atomic E-state index is 0.352. The Balaban J connectivity index is 1.50.